The van der Waals surface area contributed by atoms with Crippen LogP contribution in [0, 0.1) is 5.92 Å². The van der Waals surface area contributed by atoms with Crippen LogP contribution in [0.25, 0.3) is 0 Å². The zero-order chi connectivity index (χ0) is 15.5. The topological polar surface area (TPSA) is 58.4 Å². The molecule has 3 rings (SSSR count). The minimum absolute atomic E-state index is 0.0652. The first-order valence-corrected chi connectivity index (χ1v) is 7.64. The maximum Gasteiger partial charge on any atom is 0.230 e. The van der Waals surface area contributed by atoms with Crippen molar-refractivity contribution in [3.8, 4) is 0 Å². The summed E-state index contributed by atoms with van der Waals surface area (Å²) in [6, 6.07) is 7.82. The van der Waals surface area contributed by atoms with E-state index in [-0.39, 0.29) is 12.3 Å². The van der Waals surface area contributed by atoms with Crippen LogP contribution in [0.3, 0.4) is 0 Å². The predicted octanol–water partition coefficient (Wildman–Crippen LogP) is 2.83. The van der Waals surface area contributed by atoms with Crippen LogP contribution in [-0.2, 0) is 24.3 Å². The van der Waals surface area contributed by atoms with Gasteiger partial charge in [0.25, 0.3) is 0 Å². The monoisotopic (exact) mass is 299 g/mol. The molecule has 0 radical (unpaired) electrons. The number of nitrogens with one attached hydrogen (secondary N) is 1. The molecule has 116 valence electrons. The van der Waals surface area contributed by atoms with Crippen molar-refractivity contribution in [1.29, 1.82) is 0 Å². The van der Waals surface area contributed by atoms with Crippen LogP contribution in [0.15, 0.2) is 35.1 Å². The highest BCUT2D eigenvalue weighted by atomic mass is 16.5. The van der Waals surface area contributed by atoms with Gasteiger partial charge in [-0.15, -0.1) is 0 Å². The third kappa shape index (κ3) is 3.36. The van der Waals surface area contributed by atoms with E-state index in [9.17, 15) is 4.79 Å². The summed E-state index contributed by atoms with van der Waals surface area (Å²) in [6.07, 6.45) is 1.71. The molecule has 0 spiro atoms. The average molecular weight is 299 g/mol. The van der Waals surface area contributed by atoms with Gasteiger partial charge in [0.2, 0.25) is 5.91 Å². The van der Waals surface area contributed by atoms with Gasteiger partial charge in [-0.1, -0.05) is 31.1 Å². The minimum Gasteiger partial charge on any atom is -0.364 e. The summed E-state index contributed by atoms with van der Waals surface area (Å²) in [6.45, 7) is 7.38. The normalized spacial score (nSPS) is 14.3. The number of hydrogen-bond acceptors (Lipinski definition) is 4. The van der Waals surface area contributed by atoms with E-state index in [4.69, 9.17) is 4.52 Å². The molecule has 1 aliphatic rings. The molecule has 2 aromatic rings. The first kappa shape index (κ1) is 14.8. The van der Waals surface area contributed by atoms with Crippen molar-refractivity contribution in [3.05, 3.63) is 47.3 Å². The summed E-state index contributed by atoms with van der Waals surface area (Å²) in [5.74, 6) is 0.573. The standard InChI is InChI=1S/C17H21N3O2/c1-12(2)9-20-10-13-4-3-5-16(15(13)11-20)18-17(21)8-14-6-7-22-19-14/h3-7,12H,8-11H2,1-2H3,(H,18,21). The van der Waals surface area contributed by atoms with Gasteiger partial charge in [-0.25, -0.2) is 0 Å². The second-order valence-electron chi connectivity index (χ2n) is 6.22. The number of anilines is 1. The smallest absolute Gasteiger partial charge is 0.230 e. The van der Waals surface area contributed by atoms with Crippen LogP contribution in [0.4, 0.5) is 5.69 Å². The number of carbonyl (C=O) groups is 1. The number of hydrogen-bond donors (Lipinski definition) is 1. The summed E-state index contributed by atoms with van der Waals surface area (Å²) in [7, 11) is 0. The molecule has 2 heterocycles. The fourth-order valence-electron chi connectivity index (χ4n) is 2.94. The van der Waals surface area contributed by atoms with Crippen LogP contribution in [0.2, 0.25) is 0 Å². The molecule has 5 heteroatoms. The molecule has 1 aromatic carbocycles. The highest BCUT2D eigenvalue weighted by Gasteiger charge is 2.22. The summed E-state index contributed by atoms with van der Waals surface area (Å²) >= 11 is 0. The second kappa shape index (κ2) is 6.32. The molecule has 5 nitrogen and oxygen atoms in total. The summed E-state index contributed by atoms with van der Waals surface area (Å²) < 4.78 is 4.75. The summed E-state index contributed by atoms with van der Waals surface area (Å²) in [5.41, 5.74) is 4.10. The van der Waals surface area contributed by atoms with Crippen molar-refractivity contribution in [2.24, 2.45) is 5.92 Å². The van der Waals surface area contributed by atoms with E-state index in [2.05, 4.69) is 35.3 Å². The van der Waals surface area contributed by atoms with E-state index >= 15 is 0 Å². The summed E-state index contributed by atoms with van der Waals surface area (Å²) in [5, 5.41) is 6.78. The van der Waals surface area contributed by atoms with E-state index in [1.54, 1.807) is 6.07 Å². The Morgan fingerprint density at radius 2 is 2.23 bits per heavy atom. The Hall–Kier alpha value is -2.14. The second-order valence-corrected chi connectivity index (χ2v) is 6.22. The third-order valence-electron chi connectivity index (χ3n) is 3.78. The molecule has 0 fully saturated rings. The van der Waals surface area contributed by atoms with Crippen molar-refractivity contribution in [2.45, 2.75) is 33.4 Å². The van der Waals surface area contributed by atoms with Crippen LogP contribution in [0.5, 0.6) is 0 Å². The van der Waals surface area contributed by atoms with Crippen LogP contribution < -0.4 is 5.32 Å². The molecular weight excluding hydrogens is 278 g/mol. The lowest BCUT2D eigenvalue weighted by molar-refractivity contribution is -0.115. The molecular formula is C17H21N3O2. The first-order chi connectivity index (χ1) is 10.6. The first-order valence-electron chi connectivity index (χ1n) is 7.64. The molecule has 0 aliphatic carbocycles. The largest absolute Gasteiger partial charge is 0.364 e. The van der Waals surface area contributed by atoms with Crippen LogP contribution in [-0.4, -0.2) is 22.5 Å². The minimum atomic E-state index is -0.0652. The number of amides is 1. The number of fused-ring (bicyclic) bond motifs is 1. The molecule has 1 amide bonds. The molecule has 0 saturated carbocycles. The summed E-state index contributed by atoms with van der Waals surface area (Å²) in [4.78, 5) is 14.6. The van der Waals surface area contributed by atoms with Crippen molar-refractivity contribution < 1.29 is 9.32 Å². The lowest BCUT2D eigenvalue weighted by Crippen LogP contribution is -2.22. The van der Waals surface area contributed by atoms with Crippen molar-refractivity contribution in [3.63, 3.8) is 0 Å². The third-order valence-corrected chi connectivity index (χ3v) is 3.78. The average Bonchev–Trinajstić information content (AvgIpc) is 3.07. The van der Waals surface area contributed by atoms with E-state index in [1.807, 2.05) is 12.1 Å². The molecule has 0 unspecified atom stereocenters. The number of nitrogens with zero attached hydrogens (tertiary/aromatic N) is 2. The van der Waals surface area contributed by atoms with Crippen molar-refractivity contribution >= 4 is 11.6 Å². The maximum atomic E-state index is 12.1. The van der Waals surface area contributed by atoms with E-state index < -0.39 is 0 Å². The van der Waals surface area contributed by atoms with Gasteiger partial charge in [-0.05, 0) is 23.1 Å². The van der Waals surface area contributed by atoms with Crippen LogP contribution >= 0.6 is 0 Å². The van der Waals surface area contributed by atoms with Gasteiger partial charge >= 0.3 is 0 Å². The Bertz CT molecular complexity index is 650. The fourth-order valence-corrected chi connectivity index (χ4v) is 2.94. The van der Waals surface area contributed by atoms with Gasteiger partial charge in [0.1, 0.15) is 6.26 Å². The molecule has 0 bridgehead atoms. The Kier molecular flexibility index (Phi) is 4.24. The molecule has 1 aromatic heterocycles. The lowest BCUT2D eigenvalue weighted by Gasteiger charge is -2.17. The van der Waals surface area contributed by atoms with E-state index in [0.717, 1.165) is 25.3 Å². The van der Waals surface area contributed by atoms with E-state index in [1.165, 1.54) is 17.4 Å². The Balaban J connectivity index is 1.69. The zero-order valence-corrected chi connectivity index (χ0v) is 13.0. The van der Waals surface area contributed by atoms with Crippen LogP contribution in [0.1, 0.15) is 30.7 Å². The lowest BCUT2D eigenvalue weighted by atomic mass is 10.1. The van der Waals surface area contributed by atoms with Gasteiger partial charge in [0.05, 0.1) is 12.1 Å². The van der Waals surface area contributed by atoms with Gasteiger partial charge in [0.15, 0.2) is 0 Å². The van der Waals surface area contributed by atoms with Gasteiger partial charge in [0, 0.05) is 31.4 Å². The Morgan fingerprint density at radius 3 is 2.95 bits per heavy atom. The van der Waals surface area contributed by atoms with Gasteiger partial charge in [-0.3, -0.25) is 9.69 Å². The molecule has 0 saturated heterocycles. The molecule has 22 heavy (non-hydrogen) atoms. The van der Waals surface area contributed by atoms with Gasteiger partial charge in [-0.2, -0.15) is 0 Å². The zero-order valence-electron chi connectivity index (χ0n) is 13.0. The fraction of sp³-hybridized carbons (Fsp3) is 0.412. The van der Waals surface area contributed by atoms with Gasteiger partial charge < -0.3 is 9.84 Å². The van der Waals surface area contributed by atoms with Crippen molar-refractivity contribution in [2.75, 3.05) is 11.9 Å². The highest BCUT2D eigenvalue weighted by molar-refractivity contribution is 5.93. The highest BCUT2D eigenvalue weighted by Crippen LogP contribution is 2.29. The molecule has 1 N–H and O–H groups in total. The van der Waals surface area contributed by atoms with Crippen molar-refractivity contribution in [1.82, 2.24) is 10.1 Å². The Labute approximate surface area is 130 Å². The Morgan fingerprint density at radius 1 is 1.36 bits per heavy atom. The number of rotatable bonds is 5. The number of benzene rings is 1. The SMILES string of the molecule is CC(C)CN1Cc2cccc(NC(=O)Cc3ccon3)c2C1. The predicted molar refractivity (Wildman–Crippen MR) is 84.2 cm³/mol. The van der Waals surface area contributed by atoms with E-state index in [0.29, 0.717) is 11.6 Å². The quantitative estimate of drug-likeness (QED) is 0.922. The number of aromatic nitrogens is 1. The number of carbonyl (C=O) groups excluding carboxylic acids is 1. The maximum absolute atomic E-state index is 12.1. The molecule has 1 aliphatic heterocycles. The molecule has 0 atom stereocenters.